The molecule has 2 heterocycles. The molecule has 0 radical (unpaired) electrons. The first-order valence-electron chi connectivity index (χ1n) is 7.17. The van der Waals surface area contributed by atoms with Gasteiger partial charge in [0.25, 0.3) is 5.91 Å². The Morgan fingerprint density at radius 1 is 1.17 bits per heavy atom. The van der Waals surface area contributed by atoms with Crippen LogP contribution < -0.4 is 5.32 Å². The third kappa shape index (κ3) is 2.90. The van der Waals surface area contributed by atoms with Crippen molar-refractivity contribution < 1.29 is 23.9 Å². The lowest BCUT2D eigenvalue weighted by Gasteiger charge is -2.08. The highest BCUT2D eigenvalue weighted by molar-refractivity contribution is 7.19. The second-order valence-electron chi connectivity index (χ2n) is 5.40. The fourth-order valence-corrected chi connectivity index (χ4v) is 4.22. The molecule has 1 aliphatic rings. The van der Waals surface area contributed by atoms with Crippen molar-refractivity contribution in [1.29, 1.82) is 0 Å². The van der Waals surface area contributed by atoms with E-state index in [9.17, 15) is 19.2 Å². The molecule has 2 aromatic heterocycles. The molecule has 8 heteroatoms. The van der Waals surface area contributed by atoms with Crippen LogP contribution in [0.1, 0.15) is 54.0 Å². The highest BCUT2D eigenvalue weighted by Gasteiger charge is 2.34. The van der Waals surface area contributed by atoms with Gasteiger partial charge in [0.1, 0.15) is 6.54 Å². The average Bonchev–Trinajstić information content (AvgIpc) is 3.16. The Hall–Kier alpha value is -2.32. The molecule has 24 heavy (non-hydrogen) atoms. The zero-order valence-electron chi connectivity index (χ0n) is 12.9. The number of amides is 1. The molecular weight excluding hydrogens is 350 g/mol. The van der Waals surface area contributed by atoms with E-state index in [1.165, 1.54) is 17.4 Å². The van der Waals surface area contributed by atoms with Gasteiger partial charge in [-0.25, -0.2) is 0 Å². The Morgan fingerprint density at radius 2 is 1.92 bits per heavy atom. The Balaban J connectivity index is 1.78. The van der Waals surface area contributed by atoms with Gasteiger partial charge >= 0.3 is 5.97 Å². The molecule has 0 fully saturated rings. The van der Waals surface area contributed by atoms with Crippen LogP contribution in [-0.2, 0) is 9.53 Å². The van der Waals surface area contributed by atoms with Crippen molar-refractivity contribution in [3.05, 3.63) is 43.3 Å². The van der Waals surface area contributed by atoms with Gasteiger partial charge in [-0.05, 0) is 31.4 Å². The van der Waals surface area contributed by atoms with Crippen molar-refractivity contribution in [3.63, 3.8) is 0 Å². The summed E-state index contributed by atoms with van der Waals surface area (Å²) in [5.74, 6) is -1.55. The zero-order chi connectivity index (χ0) is 17.4. The van der Waals surface area contributed by atoms with E-state index in [4.69, 9.17) is 4.74 Å². The first kappa shape index (κ1) is 16.5. The molecule has 0 saturated heterocycles. The van der Waals surface area contributed by atoms with E-state index in [0.717, 1.165) is 11.3 Å². The summed E-state index contributed by atoms with van der Waals surface area (Å²) in [4.78, 5) is 49.3. The Morgan fingerprint density at radius 3 is 2.62 bits per heavy atom. The molecule has 1 amide bonds. The number of rotatable bonds is 4. The molecule has 6 nitrogen and oxygen atoms in total. The molecule has 0 bridgehead atoms. The minimum absolute atomic E-state index is 0.217. The Labute approximate surface area is 145 Å². The lowest BCUT2D eigenvalue weighted by molar-refractivity contribution is -0.146. The highest BCUT2D eigenvalue weighted by atomic mass is 32.1. The van der Waals surface area contributed by atoms with Gasteiger partial charge in [0, 0.05) is 11.1 Å². The van der Waals surface area contributed by atoms with Crippen LogP contribution in [0.5, 0.6) is 0 Å². The summed E-state index contributed by atoms with van der Waals surface area (Å²) in [6.07, 6.45) is -0.266. The standard InChI is InChI=1S/C16H13NO5S2/c1-7(2)22-11(18)6-17-16(21)10-5-9-12(19)8-3-4-23-14(8)13(20)15(9)24-10/h3-5,7H,6H2,1-2H3,(H,17,21). The average molecular weight is 363 g/mol. The summed E-state index contributed by atoms with van der Waals surface area (Å²) in [5.41, 5.74) is 0.619. The van der Waals surface area contributed by atoms with E-state index in [-0.39, 0.29) is 39.5 Å². The van der Waals surface area contributed by atoms with Crippen LogP contribution in [0.4, 0.5) is 0 Å². The van der Waals surface area contributed by atoms with Crippen molar-refractivity contribution in [2.45, 2.75) is 20.0 Å². The molecule has 1 N–H and O–H groups in total. The normalized spacial score (nSPS) is 12.8. The summed E-state index contributed by atoms with van der Waals surface area (Å²) in [6.45, 7) is 3.15. The SMILES string of the molecule is CC(C)OC(=O)CNC(=O)c1cc2c(s1)C(=O)c1sccc1C2=O. The predicted octanol–water partition coefficient (Wildman–Crippen LogP) is 2.27. The van der Waals surface area contributed by atoms with Crippen molar-refractivity contribution >= 4 is 46.1 Å². The van der Waals surface area contributed by atoms with E-state index in [2.05, 4.69) is 5.32 Å². The van der Waals surface area contributed by atoms with Gasteiger partial charge < -0.3 is 10.1 Å². The van der Waals surface area contributed by atoms with Crippen LogP contribution in [0, 0.1) is 0 Å². The van der Waals surface area contributed by atoms with Gasteiger partial charge in [-0.3, -0.25) is 19.2 Å². The number of fused-ring (bicyclic) bond motifs is 2. The number of carbonyl (C=O) groups excluding carboxylic acids is 4. The van der Waals surface area contributed by atoms with Gasteiger partial charge in [-0.2, -0.15) is 0 Å². The number of carbonyl (C=O) groups is 4. The number of ketones is 2. The molecule has 0 saturated carbocycles. The Bertz CT molecular complexity index is 814. The molecule has 0 aromatic carbocycles. The topological polar surface area (TPSA) is 89.5 Å². The molecule has 2 aromatic rings. The van der Waals surface area contributed by atoms with Crippen LogP contribution in [0.25, 0.3) is 0 Å². The molecule has 0 spiro atoms. The molecule has 1 aliphatic carbocycles. The number of nitrogens with one attached hydrogen (secondary N) is 1. The smallest absolute Gasteiger partial charge is 0.325 e. The summed E-state index contributed by atoms with van der Waals surface area (Å²) in [5, 5.41) is 4.13. The number of esters is 1. The fraction of sp³-hybridized carbons (Fsp3) is 0.250. The van der Waals surface area contributed by atoms with Gasteiger partial charge in [0.15, 0.2) is 5.78 Å². The molecule has 0 atom stereocenters. The minimum Gasteiger partial charge on any atom is -0.462 e. The summed E-state index contributed by atoms with van der Waals surface area (Å²) in [6, 6.07) is 3.02. The van der Waals surface area contributed by atoms with Crippen molar-refractivity contribution in [3.8, 4) is 0 Å². The lowest BCUT2D eigenvalue weighted by Crippen LogP contribution is -2.31. The third-order valence-corrected chi connectivity index (χ3v) is 5.33. The minimum atomic E-state index is -0.547. The number of hydrogen-bond acceptors (Lipinski definition) is 7. The molecular formula is C16H13NO5S2. The second-order valence-corrected chi connectivity index (χ2v) is 7.36. The first-order chi connectivity index (χ1) is 11.4. The van der Waals surface area contributed by atoms with Crippen LogP contribution in [0.3, 0.4) is 0 Å². The largest absolute Gasteiger partial charge is 0.462 e. The number of ether oxygens (including phenoxy) is 1. The highest BCUT2D eigenvalue weighted by Crippen LogP contribution is 2.35. The van der Waals surface area contributed by atoms with Crippen LogP contribution in [0.15, 0.2) is 17.5 Å². The molecule has 124 valence electrons. The second kappa shape index (κ2) is 6.29. The van der Waals surface area contributed by atoms with E-state index < -0.39 is 11.9 Å². The maximum atomic E-state index is 12.4. The molecule has 3 rings (SSSR count). The summed E-state index contributed by atoms with van der Waals surface area (Å²) in [7, 11) is 0. The van der Waals surface area contributed by atoms with E-state index in [1.54, 1.807) is 25.3 Å². The maximum absolute atomic E-state index is 12.4. The van der Waals surface area contributed by atoms with Gasteiger partial charge in [-0.1, -0.05) is 0 Å². The Kier molecular flexibility index (Phi) is 4.33. The van der Waals surface area contributed by atoms with E-state index in [1.807, 2.05) is 0 Å². The lowest BCUT2D eigenvalue weighted by atomic mass is 9.95. The monoisotopic (exact) mass is 363 g/mol. The quantitative estimate of drug-likeness (QED) is 0.718. The van der Waals surface area contributed by atoms with Crippen molar-refractivity contribution in [1.82, 2.24) is 5.32 Å². The van der Waals surface area contributed by atoms with Crippen LogP contribution >= 0.6 is 22.7 Å². The summed E-state index contributed by atoms with van der Waals surface area (Å²) < 4.78 is 4.93. The van der Waals surface area contributed by atoms with Crippen molar-refractivity contribution in [2.24, 2.45) is 0 Å². The van der Waals surface area contributed by atoms with E-state index in [0.29, 0.717) is 10.4 Å². The van der Waals surface area contributed by atoms with Crippen LogP contribution in [-0.4, -0.2) is 36.1 Å². The van der Waals surface area contributed by atoms with Gasteiger partial charge in [0.2, 0.25) is 5.78 Å². The first-order valence-corrected chi connectivity index (χ1v) is 8.86. The molecule has 0 aliphatic heterocycles. The van der Waals surface area contributed by atoms with Crippen molar-refractivity contribution in [2.75, 3.05) is 6.54 Å². The van der Waals surface area contributed by atoms with Gasteiger partial charge in [0.05, 0.1) is 20.7 Å². The van der Waals surface area contributed by atoms with E-state index >= 15 is 0 Å². The summed E-state index contributed by atoms with van der Waals surface area (Å²) >= 11 is 2.17. The zero-order valence-corrected chi connectivity index (χ0v) is 14.5. The number of thiophene rings is 2. The van der Waals surface area contributed by atoms with Crippen LogP contribution in [0.2, 0.25) is 0 Å². The molecule has 0 unspecified atom stereocenters. The fourth-order valence-electron chi connectivity index (χ4n) is 2.30. The van der Waals surface area contributed by atoms with Gasteiger partial charge in [-0.15, -0.1) is 22.7 Å². The third-order valence-electron chi connectivity index (χ3n) is 3.28. The predicted molar refractivity (Wildman–Crippen MR) is 89.1 cm³/mol. The maximum Gasteiger partial charge on any atom is 0.325 e. The number of hydrogen-bond donors (Lipinski definition) is 1.